The van der Waals surface area contributed by atoms with E-state index >= 15 is 0 Å². The quantitative estimate of drug-likeness (QED) is 0.443. The molecule has 3 atom stereocenters. The van der Waals surface area contributed by atoms with E-state index < -0.39 is 46.9 Å². The number of esters is 2. The maximum atomic E-state index is 14.2. The number of benzene rings is 2. The Morgan fingerprint density at radius 2 is 1.88 bits per heavy atom. The third kappa shape index (κ3) is 4.78. The molecule has 0 heterocycles. The van der Waals surface area contributed by atoms with Gasteiger partial charge in [-0.05, 0) is 41.7 Å². The summed E-state index contributed by atoms with van der Waals surface area (Å²) in [6.45, 7) is 3.44. The van der Waals surface area contributed by atoms with Crippen molar-refractivity contribution in [1.82, 2.24) is 0 Å². The van der Waals surface area contributed by atoms with Gasteiger partial charge >= 0.3 is 11.9 Å². The second-order valence-electron chi connectivity index (χ2n) is 7.88. The van der Waals surface area contributed by atoms with Crippen LogP contribution >= 0.6 is 0 Å². The number of rotatable bonds is 7. The van der Waals surface area contributed by atoms with Crippen LogP contribution in [0.4, 0.5) is 8.78 Å². The Balaban J connectivity index is 1.76. The van der Waals surface area contributed by atoms with Gasteiger partial charge in [-0.15, -0.1) is 0 Å². The zero-order valence-electron chi connectivity index (χ0n) is 17.7. The van der Waals surface area contributed by atoms with E-state index in [-0.39, 0.29) is 11.3 Å². The Labute approximate surface area is 184 Å². The van der Waals surface area contributed by atoms with Crippen LogP contribution in [-0.4, -0.2) is 19.0 Å². The van der Waals surface area contributed by atoms with Gasteiger partial charge in [0.1, 0.15) is 11.8 Å². The summed E-state index contributed by atoms with van der Waals surface area (Å²) in [5.41, 5.74) is -0.452. The van der Waals surface area contributed by atoms with Gasteiger partial charge in [0.2, 0.25) is 11.9 Å². The molecule has 8 heteroatoms. The molecule has 0 aliphatic heterocycles. The normalized spacial score (nSPS) is 19.9. The first kappa shape index (κ1) is 22.9. The molecule has 6 nitrogen and oxygen atoms in total. The van der Waals surface area contributed by atoms with E-state index in [1.807, 2.05) is 6.07 Å². The van der Waals surface area contributed by atoms with Gasteiger partial charge in [0.25, 0.3) is 0 Å². The molecule has 166 valence electrons. The molecule has 1 saturated carbocycles. The van der Waals surface area contributed by atoms with Crippen LogP contribution in [0, 0.1) is 34.4 Å². The van der Waals surface area contributed by atoms with Crippen molar-refractivity contribution in [1.29, 1.82) is 5.26 Å². The van der Waals surface area contributed by atoms with E-state index in [1.54, 1.807) is 44.2 Å². The highest BCUT2D eigenvalue weighted by Gasteiger charge is 2.62. The van der Waals surface area contributed by atoms with E-state index in [4.69, 9.17) is 9.47 Å². The molecule has 0 bridgehead atoms. The van der Waals surface area contributed by atoms with Gasteiger partial charge in [0.05, 0.1) is 13.0 Å². The van der Waals surface area contributed by atoms with Crippen LogP contribution < -0.4 is 4.74 Å². The number of methoxy groups -OCH3 is 1. The molecule has 1 fully saturated rings. The molecule has 0 N–H and O–H groups in total. The van der Waals surface area contributed by atoms with Crippen molar-refractivity contribution in [2.75, 3.05) is 7.11 Å². The minimum atomic E-state index is -1.33. The van der Waals surface area contributed by atoms with E-state index in [9.17, 15) is 23.6 Å². The molecule has 0 radical (unpaired) electrons. The van der Waals surface area contributed by atoms with Crippen LogP contribution in [0.25, 0.3) is 0 Å². The summed E-state index contributed by atoms with van der Waals surface area (Å²) in [5, 5.41) is 9.53. The number of carbonyl (C=O) groups is 2. The average molecular weight is 441 g/mol. The lowest BCUT2D eigenvalue weighted by Crippen LogP contribution is -2.14. The smallest absolute Gasteiger partial charge is 0.366 e. The lowest BCUT2D eigenvalue weighted by molar-refractivity contribution is -0.149. The molecule has 2 aromatic carbocycles. The van der Waals surface area contributed by atoms with Gasteiger partial charge in [-0.3, -0.25) is 4.79 Å². The fourth-order valence-corrected chi connectivity index (χ4v) is 3.50. The minimum Gasteiger partial charge on any atom is -0.464 e. The number of para-hydroxylation sites is 1. The minimum absolute atomic E-state index is 0.127. The van der Waals surface area contributed by atoms with Crippen LogP contribution in [0.1, 0.15) is 25.5 Å². The summed E-state index contributed by atoms with van der Waals surface area (Å²) >= 11 is 0. The summed E-state index contributed by atoms with van der Waals surface area (Å²) in [4.78, 5) is 24.0. The predicted octanol–water partition coefficient (Wildman–Crippen LogP) is 5.02. The highest BCUT2D eigenvalue weighted by molar-refractivity contribution is 5.86. The number of nitrogens with zero attached hydrogens (tertiary/aromatic N) is 1. The van der Waals surface area contributed by atoms with Gasteiger partial charge in [-0.2, -0.15) is 9.65 Å². The summed E-state index contributed by atoms with van der Waals surface area (Å²) in [6, 6.07) is 14.1. The summed E-state index contributed by atoms with van der Waals surface area (Å²) < 4.78 is 43.2. The van der Waals surface area contributed by atoms with Gasteiger partial charge < -0.3 is 14.2 Å². The van der Waals surface area contributed by atoms with E-state index in [1.165, 1.54) is 12.1 Å². The average Bonchev–Trinajstić information content (AvgIpc) is 3.33. The third-order valence-corrected chi connectivity index (χ3v) is 5.45. The lowest BCUT2D eigenvalue weighted by Gasteiger charge is -2.14. The number of ether oxygens (including phenoxy) is 3. The number of nitriles is 1. The highest BCUT2D eigenvalue weighted by Crippen LogP contribution is 2.60. The maximum Gasteiger partial charge on any atom is 0.366 e. The maximum absolute atomic E-state index is 14.2. The zero-order chi connectivity index (χ0) is 23.5. The fourth-order valence-electron chi connectivity index (χ4n) is 3.50. The largest absolute Gasteiger partial charge is 0.464 e. The number of carbonyl (C=O) groups excluding carboxylic acids is 2. The summed E-state index contributed by atoms with van der Waals surface area (Å²) in [5.74, 6) is -4.68. The molecular formula is C24H21F2NO5. The molecule has 32 heavy (non-hydrogen) atoms. The van der Waals surface area contributed by atoms with Gasteiger partial charge in [-0.25, -0.2) is 9.18 Å². The van der Waals surface area contributed by atoms with Crippen molar-refractivity contribution in [2.45, 2.75) is 20.0 Å². The first-order valence-corrected chi connectivity index (χ1v) is 9.77. The summed E-state index contributed by atoms with van der Waals surface area (Å²) in [6.07, 6.45) is -0.296. The van der Waals surface area contributed by atoms with Crippen molar-refractivity contribution in [3.8, 4) is 17.6 Å². The molecule has 1 aliphatic rings. The SMILES string of the molecule is COC(=O)C(F)=C[C@H]1[C@@H](C(=O)O[C@H](C#N)c2ccc(F)c(Oc3ccccc3)c2)C1(C)C. The standard InChI is InChI=1S/C24H21F2NO5/c1-24(2)16(12-18(26)22(28)30-3)21(24)23(29)32-20(13-27)14-9-10-17(25)19(11-14)31-15-7-5-4-6-8-15/h4-12,16,20-21H,1-3H3/t16-,20+,21-/m0/s1. The van der Waals surface area contributed by atoms with Crippen molar-refractivity contribution >= 4 is 11.9 Å². The summed E-state index contributed by atoms with van der Waals surface area (Å²) in [7, 11) is 1.05. The number of hydrogen-bond donors (Lipinski definition) is 0. The first-order chi connectivity index (χ1) is 15.2. The Bertz CT molecular complexity index is 1090. The van der Waals surface area contributed by atoms with Crippen molar-refractivity contribution < 1.29 is 32.6 Å². The zero-order valence-corrected chi connectivity index (χ0v) is 17.7. The van der Waals surface area contributed by atoms with E-state index in [2.05, 4.69) is 4.74 Å². The monoisotopic (exact) mass is 441 g/mol. The molecule has 0 saturated heterocycles. The van der Waals surface area contributed by atoms with Crippen LogP contribution in [-0.2, 0) is 19.1 Å². The van der Waals surface area contributed by atoms with Crippen LogP contribution in [0.2, 0.25) is 0 Å². The Hall–Kier alpha value is -3.73. The first-order valence-electron chi connectivity index (χ1n) is 9.77. The van der Waals surface area contributed by atoms with Crippen molar-refractivity contribution in [3.05, 3.63) is 71.8 Å². The molecule has 1 aliphatic carbocycles. The van der Waals surface area contributed by atoms with E-state index in [0.717, 1.165) is 19.3 Å². The molecule has 0 amide bonds. The fraction of sp³-hybridized carbons (Fsp3) is 0.292. The lowest BCUT2D eigenvalue weighted by atomic mass is 10.1. The van der Waals surface area contributed by atoms with E-state index in [0.29, 0.717) is 5.75 Å². The molecule has 0 spiro atoms. The molecule has 2 aromatic rings. The second kappa shape index (κ2) is 9.18. The number of hydrogen-bond acceptors (Lipinski definition) is 6. The van der Waals surface area contributed by atoms with Gasteiger partial charge in [0, 0.05) is 5.56 Å². The number of allylic oxidation sites excluding steroid dienone is 1. The Morgan fingerprint density at radius 3 is 2.50 bits per heavy atom. The van der Waals surface area contributed by atoms with Crippen LogP contribution in [0.3, 0.4) is 0 Å². The van der Waals surface area contributed by atoms with Crippen LogP contribution in [0.15, 0.2) is 60.4 Å². The molecule has 0 unspecified atom stereocenters. The third-order valence-electron chi connectivity index (χ3n) is 5.45. The van der Waals surface area contributed by atoms with Crippen molar-refractivity contribution in [2.24, 2.45) is 17.3 Å². The molecular weight excluding hydrogens is 420 g/mol. The van der Waals surface area contributed by atoms with Crippen molar-refractivity contribution in [3.63, 3.8) is 0 Å². The van der Waals surface area contributed by atoms with Gasteiger partial charge in [0.15, 0.2) is 11.6 Å². The van der Waals surface area contributed by atoms with Crippen LogP contribution in [0.5, 0.6) is 11.5 Å². The topological polar surface area (TPSA) is 85.6 Å². The second-order valence-corrected chi connectivity index (χ2v) is 7.88. The Kier molecular flexibility index (Phi) is 6.58. The predicted molar refractivity (Wildman–Crippen MR) is 109 cm³/mol. The Morgan fingerprint density at radius 1 is 1.19 bits per heavy atom. The molecule has 3 rings (SSSR count). The number of halogens is 2. The van der Waals surface area contributed by atoms with Gasteiger partial charge in [-0.1, -0.05) is 38.1 Å². The molecule has 0 aromatic heterocycles. The highest BCUT2D eigenvalue weighted by atomic mass is 19.1.